The molecule has 1 amide bonds. The van der Waals surface area contributed by atoms with Gasteiger partial charge >= 0.3 is 0 Å². The van der Waals surface area contributed by atoms with Crippen LogP contribution >= 0.6 is 0 Å². The SMILES string of the molecule is COc1ccc(OCCNC(=O)Cc2c3c(cc4c2OCC4)OCC3)cc1. The summed E-state index contributed by atoms with van der Waals surface area (Å²) in [6.07, 6.45) is 2.00. The third-order valence-corrected chi connectivity index (χ3v) is 4.85. The lowest BCUT2D eigenvalue weighted by molar-refractivity contribution is -0.120. The molecule has 0 unspecified atom stereocenters. The molecule has 142 valence electrons. The second kappa shape index (κ2) is 7.78. The molecule has 1 N–H and O–H groups in total. The Morgan fingerprint density at radius 2 is 1.89 bits per heavy atom. The number of fused-ring (bicyclic) bond motifs is 2. The molecule has 6 heteroatoms. The molecule has 27 heavy (non-hydrogen) atoms. The minimum Gasteiger partial charge on any atom is -0.497 e. The first-order valence-corrected chi connectivity index (χ1v) is 9.21. The van der Waals surface area contributed by atoms with E-state index in [4.69, 9.17) is 18.9 Å². The number of ether oxygens (including phenoxy) is 4. The summed E-state index contributed by atoms with van der Waals surface area (Å²) in [5, 5.41) is 2.92. The van der Waals surface area contributed by atoms with Gasteiger partial charge in [-0.25, -0.2) is 0 Å². The first kappa shape index (κ1) is 17.5. The first-order valence-electron chi connectivity index (χ1n) is 9.21. The van der Waals surface area contributed by atoms with Crippen LogP contribution < -0.4 is 24.3 Å². The van der Waals surface area contributed by atoms with Crippen molar-refractivity contribution in [1.82, 2.24) is 5.32 Å². The van der Waals surface area contributed by atoms with E-state index < -0.39 is 0 Å². The van der Waals surface area contributed by atoms with Crippen LogP contribution in [0.4, 0.5) is 0 Å². The summed E-state index contributed by atoms with van der Waals surface area (Å²) in [5.74, 6) is 3.28. The second-order valence-corrected chi connectivity index (χ2v) is 6.57. The van der Waals surface area contributed by atoms with Crippen LogP contribution in [0, 0.1) is 0 Å². The zero-order chi connectivity index (χ0) is 18.6. The van der Waals surface area contributed by atoms with Crippen LogP contribution in [0.25, 0.3) is 0 Å². The highest BCUT2D eigenvalue weighted by atomic mass is 16.5. The van der Waals surface area contributed by atoms with E-state index in [0.717, 1.165) is 52.5 Å². The van der Waals surface area contributed by atoms with Crippen molar-refractivity contribution in [2.75, 3.05) is 33.5 Å². The van der Waals surface area contributed by atoms with E-state index in [0.29, 0.717) is 32.8 Å². The lowest BCUT2D eigenvalue weighted by Gasteiger charge is -2.13. The summed E-state index contributed by atoms with van der Waals surface area (Å²) in [4.78, 5) is 12.4. The predicted molar refractivity (Wildman–Crippen MR) is 100 cm³/mol. The number of amides is 1. The molecule has 2 aliphatic heterocycles. The summed E-state index contributed by atoms with van der Waals surface area (Å²) in [7, 11) is 1.63. The van der Waals surface area contributed by atoms with E-state index in [2.05, 4.69) is 11.4 Å². The lowest BCUT2D eigenvalue weighted by atomic mass is 9.97. The van der Waals surface area contributed by atoms with Crippen molar-refractivity contribution in [2.45, 2.75) is 19.3 Å². The maximum Gasteiger partial charge on any atom is 0.224 e. The van der Waals surface area contributed by atoms with Crippen LogP contribution in [-0.2, 0) is 24.1 Å². The van der Waals surface area contributed by atoms with Gasteiger partial charge in [-0.15, -0.1) is 0 Å². The minimum absolute atomic E-state index is 0.0358. The number of benzene rings is 2. The molecular formula is C21H23NO5. The van der Waals surface area contributed by atoms with Gasteiger partial charge in [-0.2, -0.15) is 0 Å². The third kappa shape index (κ3) is 3.79. The Bertz CT molecular complexity index is 799. The van der Waals surface area contributed by atoms with Crippen molar-refractivity contribution in [3.63, 3.8) is 0 Å². The van der Waals surface area contributed by atoms with Gasteiger partial charge in [0, 0.05) is 29.5 Å². The van der Waals surface area contributed by atoms with Gasteiger partial charge in [0.25, 0.3) is 0 Å². The molecule has 0 aliphatic carbocycles. The second-order valence-electron chi connectivity index (χ2n) is 6.57. The van der Waals surface area contributed by atoms with Crippen LogP contribution in [0.15, 0.2) is 30.3 Å². The van der Waals surface area contributed by atoms with Gasteiger partial charge in [-0.3, -0.25) is 4.79 Å². The zero-order valence-corrected chi connectivity index (χ0v) is 15.4. The average Bonchev–Trinajstić information content (AvgIpc) is 3.34. The molecule has 0 atom stereocenters. The summed E-state index contributed by atoms with van der Waals surface area (Å²) < 4.78 is 22.2. The molecule has 6 nitrogen and oxygen atoms in total. The van der Waals surface area contributed by atoms with Gasteiger partial charge in [0.1, 0.15) is 29.6 Å². The van der Waals surface area contributed by atoms with Crippen LogP contribution in [-0.4, -0.2) is 39.4 Å². The fourth-order valence-electron chi connectivity index (χ4n) is 3.53. The van der Waals surface area contributed by atoms with Crippen LogP contribution in [0.2, 0.25) is 0 Å². The number of carbonyl (C=O) groups is 1. The summed E-state index contributed by atoms with van der Waals surface area (Å²) in [6.45, 7) is 2.19. The number of rotatable bonds is 7. The van der Waals surface area contributed by atoms with Crippen molar-refractivity contribution in [3.8, 4) is 23.0 Å². The molecule has 2 aliphatic rings. The van der Waals surface area contributed by atoms with Crippen LogP contribution in [0.1, 0.15) is 16.7 Å². The molecule has 2 aromatic carbocycles. The summed E-state index contributed by atoms with van der Waals surface area (Å²) in [5.41, 5.74) is 3.23. The monoisotopic (exact) mass is 369 g/mol. The smallest absolute Gasteiger partial charge is 0.224 e. The Balaban J connectivity index is 1.31. The van der Waals surface area contributed by atoms with E-state index in [-0.39, 0.29) is 5.91 Å². The summed E-state index contributed by atoms with van der Waals surface area (Å²) in [6, 6.07) is 9.43. The van der Waals surface area contributed by atoms with Crippen molar-refractivity contribution in [1.29, 1.82) is 0 Å². The molecule has 0 saturated heterocycles. The van der Waals surface area contributed by atoms with Crippen molar-refractivity contribution in [2.24, 2.45) is 0 Å². The number of hydrogen-bond acceptors (Lipinski definition) is 5. The number of carbonyl (C=O) groups excluding carboxylic acids is 1. The Labute approximate surface area is 158 Å². The van der Waals surface area contributed by atoms with Gasteiger partial charge in [0.2, 0.25) is 5.91 Å². The zero-order valence-electron chi connectivity index (χ0n) is 15.4. The lowest BCUT2D eigenvalue weighted by Crippen LogP contribution is -2.29. The van der Waals surface area contributed by atoms with Gasteiger partial charge in [-0.05, 0) is 30.3 Å². The van der Waals surface area contributed by atoms with Crippen molar-refractivity contribution >= 4 is 5.91 Å². The molecule has 4 rings (SSSR count). The molecule has 0 fully saturated rings. The average molecular weight is 369 g/mol. The molecule has 2 aromatic rings. The van der Waals surface area contributed by atoms with Gasteiger partial charge in [-0.1, -0.05) is 0 Å². The molecule has 0 spiro atoms. The van der Waals surface area contributed by atoms with E-state index in [1.165, 1.54) is 0 Å². The maximum atomic E-state index is 12.4. The third-order valence-electron chi connectivity index (χ3n) is 4.85. The van der Waals surface area contributed by atoms with E-state index in [9.17, 15) is 4.79 Å². The Morgan fingerprint density at radius 1 is 1.11 bits per heavy atom. The molecule has 2 heterocycles. The van der Waals surface area contributed by atoms with Gasteiger partial charge < -0.3 is 24.3 Å². The molecular weight excluding hydrogens is 346 g/mol. The molecule has 0 aromatic heterocycles. The Morgan fingerprint density at radius 3 is 2.70 bits per heavy atom. The topological polar surface area (TPSA) is 66.0 Å². The van der Waals surface area contributed by atoms with E-state index >= 15 is 0 Å². The minimum atomic E-state index is -0.0358. The fraction of sp³-hybridized carbons (Fsp3) is 0.381. The van der Waals surface area contributed by atoms with Crippen LogP contribution in [0.5, 0.6) is 23.0 Å². The van der Waals surface area contributed by atoms with Crippen molar-refractivity contribution in [3.05, 3.63) is 47.0 Å². The number of methoxy groups -OCH3 is 1. The number of nitrogens with one attached hydrogen (secondary N) is 1. The molecule has 0 radical (unpaired) electrons. The Hall–Kier alpha value is -2.89. The highest BCUT2D eigenvalue weighted by Gasteiger charge is 2.27. The van der Waals surface area contributed by atoms with Crippen molar-refractivity contribution < 1.29 is 23.7 Å². The molecule has 0 saturated carbocycles. The number of hydrogen-bond donors (Lipinski definition) is 1. The molecule has 0 bridgehead atoms. The summed E-state index contributed by atoms with van der Waals surface area (Å²) >= 11 is 0. The largest absolute Gasteiger partial charge is 0.497 e. The highest BCUT2D eigenvalue weighted by molar-refractivity contribution is 5.80. The fourth-order valence-corrected chi connectivity index (χ4v) is 3.53. The van der Waals surface area contributed by atoms with Gasteiger partial charge in [0.15, 0.2) is 0 Å². The Kier molecular flexibility index (Phi) is 5.05. The normalized spacial score (nSPS) is 14.0. The maximum absolute atomic E-state index is 12.4. The van der Waals surface area contributed by atoms with Gasteiger partial charge in [0.05, 0.1) is 33.3 Å². The van der Waals surface area contributed by atoms with Crippen LogP contribution in [0.3, 0.4) is 0 Å². The quantitative estimate of drug-likeness (QED) is 0.759. The van der Waals surface area contributed by atoms with E-state index in [1.54, 1.807) is 7.11 Å². The first-order chi connectivity index (χ1) is 13.2. The predicted octanol–water partition coefficient (Wildman–Crippen LogP) is 2.30. The highest BCUT2D eigenvalue weighted by Crippen LogP contribution is 2.40. The standard InChI is InChI=1S/C21H23NO5/c1-24-15-2-4-16(5-3-15)25-11-8-22-20(23)13-18-17-7-10-26-19(17)12-14-6-9-27-21(14)18/h2-5,12H,6-11,13H2,1H3,(H,22,23). The van der Waals surface area contributed by atoms with E-state index in [1.807, 2.05) is 24.3 Å².